The van der Waals surface area contributed by atoms with Crippen molar-refractivity contribution >= 4 is 29.4 Å². The minimum absolute atomic E-state index is 0.0184. The summed E-state index contributed by atoms with van der Waals surface area (Å²) < 4.78 is 30.0. The maximum atomic E-state index is 13.9. The van der Waals surface area contributed by atoms with E-state index in [9.17, 15) is 28.7 Å². The first-order valence-corrected chi connectivity index (χ1v) is 16.4. The number of carbonyl (C=O) groups is 4. The minimum atomic E-state index is -1.24. The standard InChI is InChI=1S/C39H41FN2O8/c1-3-4-5-6-7-22-49-31-19-13-29(14-20-31)39(47)50-32-17-8-26(9-18-32)24-34(38(45)46)42-37(44)28-11-15-30(16-12-28)41-36(43)25-27-10-21-35(48-2)33(40)23-27/h8-21,23,34H,3-7,22,24-25H2,1-2H3,(H,41,43)(H,42,44)(H,45,46). The molecule has 10 nitrogen and oxygen atoms in total. The Kier molecular flexibility index (Phi) is 13.9. The lowest BCUT2D eigenvalue weighted by Crippen LogP contribution is -2.42. The van der Waals surface area contributed by atoms with Crippen LogP contribution in [0.2, 0.25) is 0 Å². The van der Waals surface area contributed by atoms with E-state index in [1.807, 2.05) is 0 Å². The van der Waals surface area contributed by atoms with Gasteiger partial charge in [-0.2, -0.15) is 0 Å². The van der Waals surface area contributed by atoms with Gasteiger partial charge in [0.2, 0.25) is 5.91 Å². The number of anilines is 1. The summed E-state index contributed by atoms with van der Waals surface area (Å²) in [6.45, 7) is 2.80. The average molecular weight is 685 g/mol. The van der Waals surface area contributed by atoms with Crippen molar-refractivity contribution in [2.24, 2.45) is 0 Å². The van der Waals surface area contributed by atoms with E-state index < -0.39 is 29.7 Å². The van der Waals surface area contributed by atoms with Crippen LogP contribution in [0.15, 0.2) is 91.0 Å². The van der Waals surface area contributed by atoms with Crippen LogP contribution >= 0.6 is 0 Å². The van der Waals surface area contributed by atoms with E-state index in [0.717, 1.165) is 12.8 Å². The number of rotatable bonds is 18. The maximum absolute atomic E-state index is 13.9. The first-order valence-electron chi connectivity index (χ1n) is 16.4. The third-order valence-corrected chi connectivity index (χ3v) is 7.80. The molecule has 0 aliphatic carbocycles. The highest BCUT2D eigenvalue weighted by Gasteiger charge is 2.22. The SMILES string of the molecule is CCCCCCCOc1ccc(C(=O)Oc2ccc(CC(NC(=O)c3ccc(NC(=O)Cc4ccc(OC)c(F)c4)cc3)C(=O)O)cc2)cc1. The van der Waals surface area contributed by atoms with Gasteiger partial charge in [-0.15, -0.1) is 0 Å². The van der Waals surface area contributed by atoms with Crippen LogP contribution in [0.3, 0.4) is 0 Å². The number of methoxy groups -OCH3 is 1. The predicted octanol–water partition coefficient (Wildman–Crippen LogP) is 7.01. The molecule has 4 rings (SSSR count). The normalized spacial score (nSPS) is 11.3. The van der Waals surface area contributed by atoms with Crippen LogP contribution in [-0.2, 0) is 22.4 Å². The number of unbranched alkanes of at least 4 members (excludes halogenated alkanes) is 4. The maximum Gasteiger partial charge on any atom is 0.343 e. The second-order valence-electron chi connectivity index (χ2n) is 11.7. The van der Waals surface area contributed by atoms with E-state index in [1.165, 1.54) is 62.8 Å². The van der Waals surface area contributed by atoms with Crippen molar-refractivity contribution in [3.05, 3.63) is 119 Å². The Morgan fingerprint density at radius 3 is 2.06 bits per heavy atom. The summed E-state index contributed by atoms with van der Waals surface area (Å²) in [7, 11) is 1.35. The second kappa shape index (κ2) is 18.7. The first kappa shape index (κ1) is 37.1. The highest BCUT2D eigenvalue weighted by atomic mass is 19.1. The molecule has 11 heteroatoms. The Morgan fingerprint density at radius 2 is 1.42 bits per heavy atom. The summed E-state index contributed by atoms with van der Waals surface area (Å²) in [4.78, 5) is 49.9. The number of halogens is 1. The molecule has 0 radical (unpaired) electrons. The topological polar surface area (TPSA) is 140 Å². The number of aliphatic carboxylic acids is 1. The smallest absolute Gasteiger partial charge is 0.343 e. The molecule has 50 heavy (non-hydrogen) atoms. The first-order chi connectivity index (χ1) is 24.1. The molecular weight excluding hydrogens is 643 g/mol. The van der Waals surface area contributed by atoms with Crippen LogP contribution in [0.25, 0.3) is 0 Å². The molecule has 0 aromatic heterocycles. The summed E-state index contributed by atoms with van der Waals surface area (Å²) >= 11 is 0. The Bertz CT molecular complexity index is 1740. The van der Waals surface area contributed by atoms with Gasteiger partial charge < -0.3 is 30.0 Å². The molecule has 0 bridgehead atoms. The number of hydrogen-bond acceptors (Lipinski definition) is 7. The largest absolute Gasteiger partial charge is 0.494 e. The van der Waals surface area contributed by atoms with Crippen molar-refractivity contribution < 1.29 is 42.9 Å². The van der Waals surface area contributed by atoms with E-state index in [0.29, 0.717) is 34.7 Å². The predicted molar refractivity (Wildman–Crippen MR) is 186 cm³/mol. The number of hydrogen-bond donors (Lipinski definition) is 3. The van der Waals surface area contributed by atoms with Crippen molar-refractivity contribution in [3.63, 3.8) is 0 Å². The number of esters is 1. The van der Waals surface area contributed by atoms with Crippen molar-refractivity contribution in [2.75, 3.05) is 19.0 Å². The van der Waals surface area contributed by atoms with Crippen molar-refractivity contribution in [1.29, 1.82) is 0 Å². The molecule has 262 valence electrons. The minimum Gasteiger partial charge on any atom is -0.494 e. The number of benzene rings is 4. The van der Waals surface area contributed by atoms with Gasteiger partial charge in [0.1, 0.15) is 17.5 Å². The zero-order valence-corrected chi connectivity index (χ0v) is 28.1. The molecule has 0 fully saturated rings. The number of carboxylic acids is 1. The molecule has 1 unspecified atom stereocenters. The lowest BCUT2D eigenvalue weighted by atomic mass is 10.0. The van der Waals surface area contributed by atoms with Crippen LogP contribution in [0.1, 0.15) is 70.9 Å². The van der Waals surface area contributed by atoms with Gasteiger partial charge in [-0.1, -0.05) is 50.8 Å². The van der Waals surface area contributed by atoms with Crippen molar-refractivity contribution in [1.82, 2.24) is 5.32 Å². The fraction of sp³-hybridized carbons (Fsp3) is 0.282. The highest BCUT2D eigenvalue weighted by molar-refractivity contribution is 5.98. The van der Waals surface area contributed by atoms with Gasteiger partial charge in [-0.05, 0) is 90.3 Å². The molecule has 3 N–H and O–H groups in total. The van der Waals surface area contributed by atoms with Gasteiger partial charge in [0, 0.05) is 17.7 Å². The summed E-state index contributed by atoms with van der Waals surface area (Å²) in [5.74, 6) is -2.29. The molecule has 0 saturated heterocycles. The monoisotopic (exact) mass is 684 g/mol. The Labute approximate surface area is 290 Å². The fourth-order valence-corrected chi connectivity index (χ4v) is 5.04. The van der Waals surface area contributed by atoms with Gasteiger partial charge in [-0.3, -0.25) is 9.59 Å². The van der Waals surface area contributed by atoms with Crippen molar-refractivity contribution in [3.8, 4) is 17.2 Å². The molecule has 0 heterocycles. The molecule has 1 atom stereocenters. The number of nitrogens with one attached hydrogen (secondary N) is 2. The third-order valence-electron chi connectivity index (χ3n) is 7.80. The van der Waals surface area contributed by atoms with E-state index in [1.54, 1.807) is 54.6 Å². The lowest BCUT2D eigenvalue weighted by Gasteiger charge is -2.15. The highest BCUT2D eigenvalue weighted by Crippen LogP contribution is 2.20. The second-order valence-corrected chi connectivity index (χ2v) is 11.7. The third kappa shape index (κ3) is 11.5. The summed E-state index contributed by atoms with van der Waals surface area (Å²) in [6.07, 6.45) is 5.63. The van der Waals surface area contributed by atoms with E-state index >= 15 is 0 Å². The van der Waals surface area contributed by atoms with Crippen LogP contribution in [0, 0.1) is 5.82 Å². The Morgan fingerprint density at radius 1 is 0.780 bits per heavy atom. The number of ether oxygens (including phenoxy) is 3. The van der Waals surface area contributed by atoms with Crippen LogP contribution in [0.4, 0.5) is 10.1 Å². The molecule has 0 aliphatic rings. The quantitative estimate of drug-likeness (QED) is 0.0578. The van der Waals surface area contributed by atoms with Gasteiger partial charge in [0.15, 0.2) is 11.6 Å². The Hall–Kier alpha value is -5.71. The molecule has 2 amide bonds. The lowest BCUT2D eigenvalue weighted by molar-refractivity contribution is -0.139. The number of carboxylic acid groups (broad SMARTS) is 1. The van der Waals surface area contributed by atoms with Crippen LogP contribution in [0.5, 0.6) is 17.2 Å². The fourth-order valence-electron chi connectivity index (χ4n) is 5.04. The van der Waals surface area contributed by atoms with Crippen molar-refractivity contribution in [2.45, 2.75) is 57.9 Å². The van der Waals surface area contributed by atoms with Gasteiger partial charge in [-0.25, -0.2) is 14.0 Å². The molecule has 0 saturated carbocycles. The van der Waals surface area contributed by atoms with E-state index in [-0.39, 0.29) is 35.8 Å². The van der Waals surface area contributed by atoms with Gasteiger partial charge in [0.25, 0.3) is 5.91 Å². The molecule has 4 aromatic carbocycles. The molecule has 0 spiro atoms. The summed E-state index contributed by atoms with van der Waals surface area (Å²) in [5, 5.41) is 15.0. The zero-order chi connectivity index (χ0) is 35.9. The number of carbonyl (C=O) groups excluding carboxylic acids is 3. The van der Waals surface area contributed by atoms with Crippen LogP contribution in [-0.4, -0.2) is 48.6 Å². The van der Waals surface area contributed by atoms with E-state index in [2.05, 4.69) is 17.6 Å². The van der Waals surface area contributed by atoms with Gasteiger partial charge >= 0.3 is 11.9 Å². The average Bonchev–Trinajstić information content (AvgIpc) is 3.10. The van der Waals surface area contributed by atoms with Gasteiger partial charge in [0.05, 0.1) is 25.7 Å². The molecule has 0 aliphatic heterocycles. The zero-order valence-electron chi connectivity index (χ0n) is 28.1. The Balaban J connectivity index is 1.24. The summed E-state index contributed by atoms with van der Waals surface area (Å²) in [5.41, 5.74) is 2.02. The van der Waals surface area contributed by atoms with Crippen LogP contribution < -0.4 is 24.8 Å². The molecular formula is C39H41FN2O8. The number of amides is 2. The van der Waals surface area contributed by atoms with E-state index in [4.69, 9.17) is 14.2 Å². The summed E-state index contributed by atoms with van der Waals surface area (Å²) in [6, 6.07) is 22.0. The molecule has 4 aromatic rings.